The number of hydrogen-bond donors (Lipinski definition) is 2. The van der Waals surface area contributed by atoms with Gasteiger partial charge in [-0.3, -0.25) is 14.1 Å². The highest BCUT2D eigenvalue weighted by Crippen LogP contribution is 2.49. The van der Waals surface area contributed by atoms with Gasteiger partial charge in [0.15, 0.2) is 6.10 Å². The van der Waals surface area contributed by atoms with Gasteiger partial charge in [-0.15, -0.1) is 0 Å². The molecule has 0 spiro atoms. The van der Waals surface area contributed by atoms with Crippen LogP contribution in [0.3, 0.4) is 0 Å². The van der Waals surface area contributed by atoms with Crippen LogP contribution in [0.15, 0.2) is 54.9 Å². The topological polar surface area (TPSA) is 96.7 Å². The second-order valence-electron chi connectivity index (χ2n) is 4.39. The molecule has 0 amide bonds. The molecule has 6 nitrogen and oxygen atoms in total. The molecular formula is C14H14NO5P. The van der Waals surface area contributed by atoms with Crippen molar-refractivity contribution in [2.45, 2.75) is 12.3 Å². The van der Waals surface area contributed by atoms with Crippen LogP contribution >= 0.6 is 7.60 Å². The summed E-state index contributed by atoms with van der Waals surface area (Å²) in [5.41, 5.74) is 0.863. The van der Waals surface area contributed by atoms with Gasteiger partial charge in [-0.25, -0.2) is 4.79 Å². The fourth-order valence-corrected chi connectivity index (χ4v) is 3.09. The van der Waals surface area contributed by atoms with Crippen LogP contribution < -0.4 is 0 Å². The van der Waals surface area contributed by atoms with Gasteiger partial charge < -0.3 is 10.00 Å². The molecule has 0 saturated carbocycles. The number of carbonyl (C=O) groups is 1. The van der Waals surface area contributed by atoms with Gasteiger partial charge >= 0.3 is 13.6 Å². The summed E-state index contributed by atoms with van der Waals surface area (Å²) in [6.45, 7) is 0. The van der Waals surface area contributed by atoms with Gasteiger partial charge in [0.05, 0.1) is 6.16 Å². The first-order valence-electron chi connectivity index (χ1n) is 6.15. The zero-order valence-electron chi connectivity index (χ0n) is 11.0. The summed E-state index contributed by atoms with van der Waals surface area (Å²) in [5, 5.41) is 9.19. The Balaban J connectivity index is 2.16. The summed E-state index contributed by atoms with van der Waals surface area (Å²) in [4.78, 5) is 25.0. The maximum Gasteiger partial charge on any atom is 0.338 e. The number of nitrogens with zero attached hydrogens (tertiary/aromatic N) is 1. The number of hydrogen-bond acceptors (Lipinski definition) is 4. The normalized spacial score (nSPS) is 15.1. The summed E-state index contributed by atoms with van der Waals surface area (Å²) in [6.07, 6.45) is 1.22. The number of pyridine rings is 1. The van der Waals surface area contributed by atoms with E-state index in [1.165, 1.54) is 24.5 Å². The lowest BCUT2D eigenvalue weighted by molar-refractivity contribution is -0.145. The fraction of sp³-hybridized carbons (Fsp3) is 0.143. The Morgan fingerprint density at radius 3 is 2.38 bits per heavy atom. The van der Waals surface area contributed by atoms with Crippen LogP contribution in [0.4, 0.5) is 0 Å². The fourth-order valence-electron chi connectivity index (χ4n) is 1.80. The first kappa shape index (κ1) is 15.4. The zero-order chi connectivity index (χ0) is 15.3. The molecule has 0 bridgehead atoms. The Hall–Kier alpha value is -2.01. The van der Waals surface area contributed by atoms with Crippen LogP contribution in [0.25, 0.3) is 0 Å². The van der Waals surface area contributed by atoms with Crippen molar-refractivity contribution < 1.29 is 23.9 Å². The molecule has 110 valence electrons. The van der Waals surface area contributed by atoms with E-state index in [0.29, 0.717) is 11.1 Å². The van der Waals surface area contributed by atoms with Gasteiger partial charge in [-0.2, -0.15) is 0 Å². The molecule has 0 aliphatic heterocycles. The average Bonchev–Trinajstić information content (AvgIpc) is 2.46. The van der Waals surface area contributed by atoms with Crippen molar-refractivity contribution in [1.82, 2.24) is 4.98 Å². The molecule has 0 aliphatic carbocycles. The second kappa shape index (κ2) is 6.63. The molecule has 2 N–H and O–H groups in total. The third-order valence-electron chi connectivity index (χ3n) is 2.73. The van der Waals surface area contributed by atoms with Crippen LogP contribution in [-0.2, 0) is 20.0 Å². The molecule has 1 aromatic heterocycles. The highest BCUT2D eigenvalue weighted by atomic mass is 31.2. The van der Waals surface area contributed by atoms with Crippen LogP contribution in [0.1, 0.15) is 17.2 Å². The van der Waals surface area contributed by atoms with E-state index in [4.69, 9.17) is 4.52 Å². The van der Waals surface area contributed by atoms with E-state index < -0.39 is 19.7 Å². The van der Waals surface area contributed by atoms with E-state index >= 15 is 0 Å². The molecule has 0 saturated heterocycles. The number of benzene rings is 1. The number of carboxylic acid groups (broad SMARTS) is 1. The molecule has 0 fully saturated rings. The maximum absolute atomic E-state index is 12.1. The van der Waals surface area contributed by atoms with Gasteiger partial charge in [-0.1, -0.05) is 30.3 Å². The van der Waals surface area contributed by atoms with Crippen LogP contribution in [0.5, 0.6) is 0 Å². The summed E-state index contributed by atoms with van der Waals surface area (Å²) in [6, 6.07) is 11.2. The first-order valence-corrected chi connectivity index (χ1v) is 7.91. The summed E-state index contributed by atoms with van der Waals surface area (Å²) < 4.78 is 17.1. The molecule has 21 heavy (non-hydrogen) atoms. The average molecular weight is 307 g/mol. The molecule has 2 aromatic rings. The highest BCUT2D eigenvalue weighted by Gasteiger charge is 2.31. The van der Waals surface area contributed by atoms with Gasteiger partial charge in [0.2, 0.25) is 0 Å². The standard InChI is InChI=1S/C14H14NO5P/c16-14(17)13(12-4-2-1-3-5-12)20-21(18,19)10-11-6-8-15-9-7-11/h1-9,13H,10H2,(H,16,17)(H,18,19). The molecule has 1 heterocycles. The van der Waals surface area contributed by atoms with E-state index in [9.17, 15) is 19.4 Å². The van der Waals surface area contributed by atoms with Crippen molar-refractivity contribution in [2.24, 2.45) is 0 Å². The van der Waals surface area contributed by atoms with Crippen LogP contribution in [-0.4, -0.2) is 21.0 Å². The van der Waals surface area contributed by atoms with Gasteiger partial charge in [0.25, 0.3) is 0 Å². The smallest absolute Gasteiger partial charge is 0.338 e. The van der Waals surface area contributed by atoms with Crippen molar-refractivity contribution >= 4 is 13.6 Å². The van der Waals surface area contributed by atoms with Crippen LogP contribution in [0, 0.1) is 0 Å². The minimum Gasteiger partial charge on any atom is -0.479 e. The molecule has 0 radical (unpaired) electrons. The maximum atomic E-state index is 12.1. The van der Waals surface area contributed by atoms with Gasteiger partial charge in [0.1, 0.15) is 0 Å². The molecule has 1 aromatic carbocycles. The Morgan fingerprint density at radius 2 is 1.81 bits per heavy atom. The summed E-state index contributed by atoms with van der Waals surface area (Å²) in [5.74, 6) is -1.31. The lowest BCUT2D eigenvalue weighted by Crippen LogP contribution is -2.14. The minimum absolute atomic E-state index is 0.272. The SMILES string of the molecule is O=C(O)C(OP(=O)(O)Cc1ccncc1)c1ccccc1. The number of aromatic nitrogens is 1. The molecule has 2 unspecified atom stereocenters. The number of aliphatic carboxylic acids is 1. The third-order valence-corrected chi connectivity index (χ3v) is 4.03. The highest BCUT2D eigenvalue weighted by molar-refractivity contribution is 7.52. The van der Waals surface area contributed by atoms with Crippen molar-refractivity contribution in [3.8, 4) is 0 Å². The molecule has 0 aliphatic rings. The molecule has 7 heteroatoms. The first-order chi connectivity index (χ1) is 9.98. The Labute approximate surface area is 121 Å². The van der Waals surface area contributed by atoms with Crippen LogP contribution in [0.2, 0.25) is 0 Å². The summed E-state index contributed by atoms with van der Waals surface area (Å²) >= 11 is 0. The van der Waals surface area contributed by atoms with Gasteiger partial charge in [-0.05, 0) is 23.3 Å². The predicted octanol–water partition coefficient (Wildman–Crippen LogP) is 2.61. The van der Waals surface area contributed by atoms with Crippen molar-refractivity contribution in [3.63, 3.8) is 0 Å². The van der Waals surface area contributed by atoms with Gasteiger partial charge in [0, 0.05) is 12.4 Å². The quantitative estimate of drug-likeness (QED) is 0.796. The monoisotopic (exact) mass is 307 g/mol. The largest absolute Gasteiger partial charge is 0.479 e. The Kier molecular flexibility index (Phi) is 4.85. The molecule has 2 atom stereocenters. The third kappa shape index (κ3) is 4.49. The van der Waals surface area contributed by atoms with E-state index in [0.717, 1.165) is 0 Å². The van der Waals surface area contributed by atoms with E-state index in [2.05, 4.69) is 4.98 Å². The van der Waals surface area contributed by atoms with E-state index in [1.54, 1.807) is 30.3 Å². The number of rotatable bonds is 6. The number of carboxylic acids is 1. The summed E-state index contributed by atoms with van der Waals surface area (Å²) in [7, 11) is -4.10. The second-order valence-corrected chi connectivity index (χ2v) is 6.19. The van der Waals surface area contributed by atoms with Crippen molar-refractivity contribution in [2.75, 3.05) is 0 Å². The van der Waals surface area contributed by atoms with Crippen molar-refractivity contribution in [1.29, 1.82) is 0 Å². The van der Waals surface area contributed by atoms with E-state index in [1.807, 2.05) is 0 Å². The molecular weight excluding hydrogens is 293 g/mol. The van der Waals surface area contributed by atoms with E-state index in [-0.39, 0.29) is 6.16 Å². The Bertz CT molecular complexity index is 647. The molecule has 2 rings (SSSR count). The van der Waals surface area contributed by atoms with Crippen molar-refractivity contribution in [3.05, 3.63) is 66.0 Å². The minimum atomic E-state index is -4.10. The Morgan fingerprint density at radius 1 is 1.19 bits per heavy atom. The lowest BCUT2D eigenvalue weighted by atomic mass is 10.1. The lowest BCUT2D eigenvalue weighted by Gasteiger charge is -2.18. The zero-order valence-corrected chi connectivity index (χ0v) is 11.9. The predicted molar refractivity (Wildman–Crippen MR) is 75.7 cm³/mol.